The van der Waals surface area contributed by atoms with Gasteiger partial charge < -0.3 is 14.7 Å². The zero-order valence-electron chi connectivity index (χ0n) is 10.4. The lowest BCUT2D eigenvalue weighted by Gasteiger charge is -2.31. The molecule has 0 spiro atoms. The SMILES string of the molecule is COc1cc(F)ccc1N1CC(C(=O)O)CCC1=O. The molecule has 1 amide bonds. The first-order valence-corrected chi connectivity index (χ1v) is 5.89. The average molecular weight is 267 g/mol. The molecule has 0 aliphatic carbocycles. The zero-order chi connectivity index (χ0) is 14.0. The molecular weight excluding hydrogens is 253 g/mol. The molecule has 1 heterocycles. The predicted octanol–water partition coefficient (Wildman–Crippen LogP) is 1.66. The summed E-state index contributed by atoms with van der Waals surface area (Å²) in [5.74, 6) is -1.97. The minimum atomic E-state index is -0.932. The number of hydrogen-bond donors (Lipinski definition) is 1. The summed E-state index contributed by atoms with van der Waals surface area (Å²) in [6.07, 6.45) is 0.492. The second-order valence-corrected chi connectivity index (χ2v) is 4.39. The lowest BCUT2D eigenvalue weighted by molar-refractivity contribution is -0.142. The molecule has 1 aliphatic rings. The van der Waals surface area contributed by atoms with Crippen molar-refractivity contribution in [3.05, 3.63) is 24.0 Å². The molecule has 0 bridgehead atoms. The van der Waals surface area contributed by atoms with Crippen LogP contribution in [0.3, 0.4) is 0 Å². The number of piperidine rings is 1. The first kappa shape index (κ1) is 13.3. The summed E-state index contributed by atoms with van der Waals surface area (Å²) in [6, 6.07) is 3.82. The zero-order valence-corrected chi connectivity index (χ0v) is 10.4. The van der Waals surface area contributed by atoms with Gasteiger partial charge in [-0.05, 0) is 18.6 Å². The summed E-state index contributed by atoms with van der Waals surface area (Å²) in [6.45, 7) is 0.0795. The third kappa shape index (κ3) is 2.67. The van der Waals surface area contributed by atoms with Crippen LogP contribution in [0, 0.1) is 11.7 Å². The standard InChI is InChI=1S/C13H14FNO4/c1-19-11-6-9(14)3-4-10(11)15-7-8(13(17)18)2-5-12(15)16/h3-4,6,8H,2,5,7H2,1H3,(H,17,18). The van der Waals surface area contributed by atoms with Crippen molar-refractivity contribution < 1.29 is 23.8 Å². The van der Waals surface area contributed by atoms with Crippen LogP contribution >= 0.6 is 0 Å². The van der Waals surface area contributed by atoms with Crippen LogP contribution < -0.4 is 9.64 Å². The third-order valence-electron chi connectivity index (χ3n) is 3.19. The van der Waals surface area contributed by atoms with Crippen LogP contribution in [0.1, 0.15) is 12.8 Å². The average Bonchev–Trinajstić information content (AvgIpc) is 2.39. The van der Waals surface area contributed by atoms with Gasteiger partial charge in [0.15, 0.2) is 0 Å². The van der Waals surface area contributed by atoms with Gasteiger partial charge in [0.25, 0.3) is 0 Å². The molecule has 0 aromatic heterocycles. The van der Waals surface area contributed by atoms with Crippen molar-refractivity contribution in [2.24, 2.45) is 5.92 Å². The van der Waals surface area contributed by atoms with Gasteiger partial charge in [0, 0.05) is 19.0 Å². The van der Waals surface area contributed by atoms with Crippen LogP contribution in [-0.2, 0) is 9.59 Å². The summed E-state index contributed by atoms with van der Waals surface area (Å²) >= 11 is 0. The second kappa shape index (κ2) is 5.26. The number of carbonyl (C=O) groups excluding carboxylic acids is 1. The Morgan fingerprint density at radius 1 is 1.53 bits per heavy atom. The number of methoxy groups -OCH3 is 1. The quantitative estimate of drug-likeness (QED) is 0.904. The molecular formula is C13H14FNO4. The van der Waals surface area contributed by atoms with Crippen molar-refractivity contribution in [2.75, 3.05) is 18.6 Å². The highest BCUT2D eigenvalue weighted by Gasteiger charge is 2.32. The molecule has 6 heteroatoms. The second-order valence-electron chi connectivity index (χ2n) is 4.39. The molecule has 102 valence electrons. The minimum absolute atomic E-state index is 0.0795. The number of ether oxygens (including phenoxy) is 1. The molecule has 1 saturated heterocycles. The summed E-state index contributed by atoms with van der Waals surface area (Å²) < 4.78 is 18.2. The van der Waals surface area contributed by atoms with E-state index < -0.39 is 17.7 Å². The van der Waals surface area contributed by atoms with Crippen molar-refractivity contribution in [3.63, 3.8) is 0 Å². The van der Waals surface area contributed by atoms with Crippen molar-refractivity contribution in [1.82, 2.24) is 0 Å². The van der Waals surface area contributed by atoms with Crippen LogP contribution in [0.4, 0.5) is 10.1 Å². The fraction of sp³-hybridized carbons (Fsp3) is 0.385. The smallest absolute Gasteiger partial charge is 0.308 e. The Hall–Kier alpha value is -2.11. The fourth-order valence-electron chi connectivity index (χ4n) is 2.15. The van der Waals surface area contributed by atoms with Gasteiger partial charge in [-0.25, -0.2) is 4.39 Å². The molecule has 1 aliphatic heterocycles. The number of benzene rings is 1. The number of carboxylic acids is 1. The maximum atomic E-state index is 13.1. The Balaban J connectivity index is 2.33. The minimum Gasteiger partial charge on any atom is -0.494 e. The van der Waals surface area contributed by atoms with Gasteiger partial charge in [0.1, 0.15) is 11.6 Å². The molecule has 1 aromatic carbocycles. The van der Waals surface area contributed by atoms with E-state index in [1.807, 2.05) is 0 Å². The van der Waals surface area contributed by atoms with E-state index in [1.165, 1.54) is 30.2 Å². The van der Waals surface area contributed by atoms with Crippen LogP contribution in [0.25, 0.3) is 0 Å². The van der Waals surface area contributed by atoms with E-state index in [9.17, 15) is 14.0 Å². The highest BCUT2D eigenvalue weighted by molar-refractivity contribution is 5.96. The molecule has 1 fully saturated rings. The van der Waals surface area contributed by atoms with Gasteiger partial charge in [-0.3, -0.25) is 9.59 Å². The van der Waals surface area contributed by atoms with E-state index >= 15 is 0 Å². The normalized spacial score (nSPS) is 19.4. The molecule has 5 nitrogen and oxygen atoms in total. The van der Waals surface area contributed by atoms with Gasteiger partial charge in [0.2, 0.25) is 5.91 Å². The van der Waals surface area contributed by atoms with Gasteiger partial charge in [0.05, 0.1) is 18.7 Å². The molecule has 0 saturated carbocycles. The van der Waals surface area contributed by atoms with E-state index in [4.69, 9.17) is 9.84 Å². The number of carbonyl (C=O) groups is 2. The van der Waals surface area contributed by atoms with Crippen LogP contribution in [0.2, 0.25) is 0 Å². The predicted molar refractivity (Wildman–Crippen MR) is 65.7 cm³/mol. The van der Waals surface area contributed by atoms with Gasteiger partial charge in [-0.15, -0.1) is 0 Å². The number of anilines is 1. The van der Waals surface area contributed by atoms with Crippen molar-refractivity contribution in [2.45, 2.75) is 12.8 Å². The largest absolute Gasteiger partial charge is 0.494 e. The van der Waals surface area contributed by atoms with E-state index in [-0.39, 0.29) is 24.6 Å². The Kier molecular flexibility index (Phi) is 3.69. The Labute approximate surface area is 109 Å². The van der Waals surface area contributed by atoms with Crippen molar-refractivity contribution in [3.8, 4) is 5.75 Å². The Morgan fingerprint density at radius 3 is 2.89 bits per heavy atom. The Morgan fingerprint density at radius 2 is 2.26 bits per heavy atom. The van der Waals surface area contributed by atoms with E-state index in [1.54, 1.807) is 0 Å². The van der Waals surface area contributed by atoms with E-state index in [2.05, 4.69) is 0 Å². The molecule has 1 aromatic rings. The maximum absolute atomic E-state index is 13.1. The molecule has 1 unspecified atom stereocenters. The number of carboxylic acid groups (broad SMARTS) is 1. The Bertz CT molecular complexity index is 517. The fourth-order valence-corrected chi connectivity index (χ4v) is 2.15. The first-order valence-electron chi connectivity index (χ1n) is 5.89. The molecule has 1 atom stereocenters. The lowest BCUT2D eigenvalue weighted by atomic mass is 9.97. The molecule has 0 radical (unpaired) electrons. The summed E-state index contributed by atoms with van der Waals surface area (Å²) in [4.78, 5) is 24.3. The number of halogens is 1. The number of rotatable bonds is 3. The monoisotopic (exact) mass is 267 g/mol. The highest BCUT2D eigenvalue weighted by Crippen LogP contribution is 2.32. The van der Waals surface area contributed by atoms with Crippen LogP contribution in [0.5, 0.6) is 5.75 Å². The number of aliphatic carboxylic acids is 1. The topological polar surface area (TPSA) is 66.8 Å². The van der Waals surface area contributed by atoms with Crippen LogP contribution in [-0.4, -0.2) is 30.6 Å². The van der Waals surface area contributed by atoms with Crippen LogP contribution in [0.15, 0.2) is 18.2 Å². The van der Waals surface area contributed by atoms with Crippen molar-refractivity contribution in [1.29, 1.82) is 0 Å². The lowest BCUT2D eigenvalue weighted by Crippen LogP contribution is -2.42. The molecule has 2 rings (SSSR count). The highest BCUT2D eigenvalue weighted by atomic mass is 19.1. The first-order chi connectivity index (χ1) is 9.02. The molecule has 1 N–H and O–H groups in total. The number of amides is 1. The summed E-state index contributed by atoms with van der Waals surface area (Å²) in [7, 11) is 1.38. The van der Waals surface area contributed by atoms with Gasteiger partial charge in [-0.2, -0.15) is 0 Å². The molecule has 19 heavy (non-hydrogen) atoms. The van der Waals surface area contributed by atoms with Gasteiger partial charge in [-0.1, -0.05) is 0 Å². The van der Waals surface area contributed by atoms with Gasteiger partial charge >= 0.3 is 5.97 Å². The summed E-state index contributed by atoms with van der Waals surface area (Å²) in [5.41, 5.74) is 0.403. The number of nitrogens with zero attached hydrogens (tertiary/aromatic N) is 1. The van der Waals surface area contributed by atoms with E-state index in [0.717, 1.165) is 0 Å². The summed E-state index contributed by atoms with van der Waals surface area (Å²) in [5, 5.41) is 9.03. The van der Waals surface area contributed by atoms with Crippen molar-refractivity contribution >= 4 is 17.6 Å². The van der Waals surface area contributed by atoms with E-state index in [0.29, 0.717) is 12.1 Å². The maximum Gasteiger partial charge on any atom is 0.308 e. The number of hydrogen-bond acceptors (Lipinski definition) is 3. The third-order valence-corrected chi connectivity index (χ3v) is 3.19.